The summed E-state index contributed by atoms with van der Waals surface area (Å²) in [4.78, 5) is 6.74. The molecule has 19 heavy (non-hydrogen) atoms. The highest BCUT2D eigenvalue weighted by atomic mass is 15.2. The first-order valence-electron chi connectivity index (χ1n) is 7.22. The lowest BCUT2D eigenvalue weighted by Gasteiger charge is -2.34. The van der Waals surface area contributed by atoms with Crippen LogP contribution in [0.25, 0.3) is 0 Å². The van der Waals surface area contributed by atoms with Crippen LogP contribution in [0.15, 0.2) is 12.4 Å². The second-order valence-electron chi connectivity index (χ2n) is 6.52. The number of imidazole rings is 1. The van der Waals surface area contributed by atoms with Crippen molar-refractivity contribution in [1.29, 1.82) is 0 Å². The maximum Gasteiger partial charge on any atom is 0.122 e. The third kappa shape index (κ3) is 5.33. The first-order valence-corrected chi connectivity index (χ1v) is 7.22. The quantitative estimate of drug-likeness (QED) is 0.822. The Kier molecular flexibility index (Phi) is 6.01. The molecule has 0 radical (unpaired) electrons. The highest BCUT2D eigenvalue weighted by Crippen LogP contribution is 2.20. The third-order valence-corrected chi connectivity index (χ3v) is 3.51. The summed E-state index contributed by atoms with van der Waals surface area (Å²) in [6.45, 7) is 12.1. The summed E-state index contributed by atoms with van der Waals surface area (Å²) in [7, 11) is 4.22. The molecule has 0 saturated carbocycles. The van der Waals surface area contributed by atoms with Crippen molar-refractivity contribution in [2.24, 2.45) is 12.5 Å². The average Bonchev–Trinajstić information content (AvgIpc) is 2.69. The summed E-state index contributed by atoms with van der Waals surface area (Å²) in [6.07, 6.45) is 5.04. The van der Waals surface area contributed by atoms with Gasteiger partial charge in [0.25, 0.3) is 0 Å². The molecular weight excluding hydrogens is 236 g/mol. The molecule has 1 aromatic rings. The highest BCUT2D eigenvalue weighted by Gasteiger charge is 2.25. The number of likely N-dealkylation sites (N-methyl/N-ethyl adjacent to an activating group) is 1. The van der Waals surface area contributed by atoms with Gasteiger partial charge < -0.3 is 9.88 Å². The van der Waals surface area contributed by atoms with Crippen molar-refractivity contribution in [2.45, 2.75) is 46.7 Å². The Bertz CT molecular complexity index is 364. The summed E-state index contributed by atoms with van der Waals surface area (Å²) in [5, 5.41) is 3.67. The predicted molar refractivity (Wildman–Crippen MR) is 81.1 cm³/mol. The van der Waals surface area contributed by atoms with E-state index < -0.39 is 0 Å². The van der Waals surface area contributed by atoms with Crippen LogP contribution in [0.1, 0.15) is 39.9 Å². The molecule has 4 heteroatoms. The molecule has 1 atom stereocenters. The fourth-order valence-electron chi connectivity index (χ4n) is 2.13. The van der Waals surface area contributed by atoms with Crippen LogP contribution in [0.3, 0.4) is 0 Å². The third-order valence-electron chi connectivity index (χ3n) is 3.51. The van der Waals surface area contributed by atoms with E-state index in [4.69, 9.17) is 0 Å². The Balaban J connectivity index is 2.56. The van der Waals surface area contributed by atoms with Gasteiger partial charge in [0.2, 0.25) is 0 Å². The number of hydrogen-bond acceptors (Lipinski definition) is 3. The predicted octanol–water partition coefficient (Wildman–Crippen LogP) is 2.27. The summed E-state index contributed by atoms with van der Waals surface area (Å²) in [6, 6.07) is 0.498. The van der Waals surface area contributed by atoms with Gasteiger partial charge in [0.1, 0.15) is 5.82 Å². The van der Waals surface area contributed by atoms with Crippen LogP contribution in [-0.2, 0) is 13.6 Å². The molecule has 0 bridgehead atoms. The topological polar surface area (TPSA) is 33.1 Å². The maximum atomic E-state index is 4.39. The van der Waals surface area contributed by atoms with Gasteiger partial charge in [-0.2, -0.15) is 0 Å². The first-order chi connectivity index (χ1) is 8.84. The Hall–Kier alpha value is -0.870. The minimum atomic E-state index is 0.269. The van der Waals surface area contributed by atoms with Gasteiger partial charge in [-0.3, -0.25) is 4.90 Å². The minimum absolute atomic E-state index is 0.269. The van der Waals surface area contributed by atoms with E-state index >= 15 is 0 Å². The van der Waals surface area contributed by atoms with Crippen molar-refractivity contribution in [3.05, 3.63) is 18.2 Å². The molecule has 0 spiro atoms. The molecule has 4 nitrogen and oxygen atoms in total. The van der Waals surface area contributed by atoms with Crippen LogP contribution in [0, 0.1) is 5.41 Å². The average molecular weight is 266 g/mol. The lowest BCUT2D eigenvalue weighted by Crippen LogP contribution is -2.47. The van der Waals surface area contributed by atoms with Gasteiger partial charge in [-0.25, -0.2) is 4.98 Å². The number of rotatable bonds is 7. The standard InChI is InChI=1S/C15H30N4/c1-7-8-16-13(15(2,3)4)11-18(5)12-14-17-9-10-19(14)6/h9-10,13,16H,7-8,11-12H2,1-6H3. The fourth-order valence-corrected chi connectivity index (χ4v) is 2.13. The molecule has 1 unspecified atom stereocenters. The summed E-state index contributed by atoms with van der Waals surface area (Å²) in [5.41, 5.74) is 0.269. The Morgan fingerprint density at radius 1 is 1.42 bits per heavy atom. The molecule has 0 aliphatic rings. The van der Waals surface area contributed by atoms with Gasteiger partial charge in [-0.15, -0.1) is 0 Å². The van der Waals surface area contributed by atoms with Gasteiger partial charge in [-0.1, -0.05) is 27.7 Å². The van der Waals surface area contributed by atoms with Crippen LogP contribution >= 0.6 is 0 Å². The Morgan fingerprint density at radius 2 is 2.11 bits per heavy atom. The number of nitrogens with zero attached hydrogens (tertiary/aromatic N) is 3. The van der Waals surface area contributed by atoms with Crippen molar-refractivity contribution >= 4 is 0 Å². The van der Waals surface area contributed by atoms with Crippen LogP contribution in [0.4, 0.5) is 0 Å². The molecule has 0 aliphatic carbocycles. The van der Waals surface area contributed by atoms with Crippen LogP contribution in [0.2, 0.25) is 0 Å². The molecule has 1 heterocycles. The summed E-state index contributed by atoms with van der Waals surface area (Å²) >= 11 is 0. The van der Waals surface area contributed by atoms with Gasteiger partial charge in [-0.05, 0) is 25.4 Å². The van der Waals surface area contributed by atoms with E-state index in [0.29, 0.717) is 6.04 Å². The molecule has 0 amide bonds. The zero-order chi connectivity index (χ0) is 14.5. The number of aromatic nitrogens is 2. The number of nitrogens with one attached hydrogen (secondary N) is 1. The van der Waals surface area contributed by atoms with Crippen molar-refractivity contribution in [2.75, 3.05) is 20.1 Å². The molecule has 1 rings (SSSR count). The number of aryl methyl sites for hydroxylation is 1. The van der Waals surface area contributed by atoms with E-state index in [2.05, 4.69) is 54.5 Å². The van der Waals surface area contributed by atoms with Gasteiger partial charge in [0, 0.05) is 32.0 Å². The van der Waals surface area contributed by atoms with Crippen molar-refractivity contribution in [3.8, 4) is 0 Å². The molecular formula is C15H30N4. The van der Waals surface area contributed by atoms with Gasteiger partial charge >= 0.3 is 0 Å². The smallest absolute Gasteiger partial charge is 0.122 e. The van der Waals surface area contributed by atoms with Crippen LogP contribution in [0.5, 0.6) is 0 Å². The molecule has 0 saturated heterocycles. The molecule has 0 aromatic carbocycles. The normalized spacial score (nSPS) is 14.1. The van der Waals surface area contributed by atoms with Crippen LogP contribution in [-0.4, -0.2) is 40.6 Å². The van der Waals surface area contributed by atoms with Gasteiger partial charge in [0.15, 0.2) is 0 Å². The van der Waals surface area contributed by atoms with E-state index in [9.17, 15) is 0 Å². The SMILES string of the molecule is CCCNC(CN(C)Cc1nccn1C)C(C)(C)C. The van der Waals surface area contributed by atoms with Gasteiger partial charge in [0.05, 0.1) is 6.54 Å². The van der Waals surface area contributed by atoms with E-state index in [0.717, 1.165) is 25.5 Å². The Labute approximate surface area is 118 Å². The Morgan fingerprint density at radius 3 is 2.58 bits per heavy atom. The number of hydrogen-bond donors (Lipinski definition) is 1. The second kappa shape index (κ2) is 7.06. The lowest BCUT2D eigenvalue weighted by molar-refractivity contribution is 0.187. The largest absolute Gasteiger partial charge is 0.337 e. The molecule has 110 valence electrons. The fraction of sp³-hybridized carbons (Fsp3) is 0.800. The maximum absolute atomic E-state index is 4.39. The molecule has 0 aliphatic heterocycles. The van der Waals surface area contributed by atoms with E-state index in [1.54, 1.807) is 0 Å². The second-order valence-corrected chi connectivity index (χ2v) is 6.52. The molecule has 0 fully saturated rings. The van der Waals surface area contributed by atoms with Crippen molar-refractivity contribution in [3.63, 3.8) is 0 Å². The lowest BCUT2D eigenvalue weighted by atomic mass is 9.86. The van der Waals surface area contributed by atoms with Crippen molar-refractivity contribution < 1.29 is 0 Å². The zero-order valence-electron chi connectivity index (χ0n) is 13.4. The summed E-state index contributed by atoms with van der Waals surface area (Å²) in [5.74, 6) is 1.12. The molecule has 1 aromatic heterocycles. The molecule has 1 N–H and O–H groups in total. The van der Waals surface area contributed by atoms with Crippen LogP contribution < -0.4 is 5.32 Å². The zero-order valence-corrected chi connectivity index (χ0v) is 13.4. The van der Waals surface area contributed by atoms with E-state index in [1.807, 2.05) is 19.4 Å². The summed E-state index contributed by atoms with van der Waals surface area (Å²) < 4.78 is 2.09. The first kappa shape index (κ1) is 16.2. The van der Waals surface area contributed by atoms with Crippen molar-refractivity contribution in [1.82, 2.24) is 19.8 Å². The van der Waals surface area contributed by atoms with E-state index in [1.165, 1.54) is 6.42 Å². The van der Waals surface area contributed by atoms with E-state index in [-0.39, 0.29) is 5.41 Å². The minimum Gasteiger partial charge on any atom is -0.337 e. The highest BCUT2D eigenvalue weighted by molar-refractivity contribution is 4.92. The monoisotopic (exact) mass is 266 g/mol.